The highest BCUT2D eigenvalue weighted by atomic mass is 16.5. The summed E-state index contributed by atoms with van der Waals surface area (Å²) in [6, 6.07) is 7.52. The van der Waals surface area contributed by atoms with Gasteiger partial charge in [-0.25, -0.2) is 0 Å². The summed E-state index contributed by atoms with van der Waals surface area (Å²) >= 11 is 0. The fourth-order valence-electron chi connectivity index (χ4n) is 3.14. The molecular weight excluding hydrogens is 334 g/mol. The van der Waals surface area contributed by atoms with Crippen LogP contribution < -0.4 is 15.2 Å². The number of piperazine rings is 1. The second-order valence-electron chi connectivity index (χ2n) is 6.25. The average Bonchev–Trinajstić information content (AvgIpc) is 3.17. The van der Waals surface area contributed by atoms with Gasteiger partial charge in [0.05, 0.1) is 26.3 Å². The zero-order valence-electron chi connectivity index (χ0n) is 15.2. The van der Waals surface area contributed by atoms with Gasteiger partial charge in [0, 0.05) is 38.3 Å². The van der Waals surface area contributed by atoms with Gasteiger partial charge in [0.25, 0.3) is 5.91 Å². The van der Waals surface area contributed by atoms with Crippen LogP contribution in [0.1, 0.15) is 21.7 Å². The summed E-state index contributed by atoms with van der Waals surface area (Å²) in [5.74, 6) is 2.27. The van der Waals surface area contributed by atoms with Gasteiger partial charge in [0.15, 0.2) is 0 Å². The molecule has 1 fully saturated rings. The van der Waals surface area contributed by atoms with Crippen molar-refractivity contribution in [2.75, 3.05) is 40.4 Å². The summed E-state index contributed by atoms with van der Waals surface area (Å²) in [6.45, 7) is 4.00. The number of furan rings is 1. The monoisotopic (exact) mass is 359 g/mol. The molecule has 0 atom stereocenters. The second kappa shape index (κ2) is 8.25. The van der Waals surface area contributed by atoms with E-state index in [4.69, 9.17) is 19.6 Å². The van der Waals surface area contributed by atoms with Gasteiger partial charge < -0.3 is 24.5 Å². The molecule has 7 heteroatoms. The summed E-state index contributed by atoms with van der Waals surface area (Å²) in [4.78, 5) is 16.7. The lowest BCUT2D eigenvalue weighted by Gasteiger charge is -2.34. The minimum absolute atomic E-state index is 0.00735. The number of nitrogens with two attached hydrogens (primary N) is 1. The summed E-state index contributed by atoms with van der Waals surface area (Å²) in [5.41, 5.74) is 7.17. The van der Waals surface area contributed by atoms with Crippen molar-refractivity contribution in [2.45, 2.75) is 13.1 Å². The third-order valence-electron chi connectivity index (χ3n) is 4.64. The van der Waals surface area contributed by atoms with E-state index in [2.05, 4.69) is 4.90 Å². The highest BCUT2D eigenvalue weighted by molar-refractivity contribution is 5.94. The Labute approximate surface area is 153 Å². The van der Waals surface area contributed by atoms with Gasteiger partial charge in [-0.15, -0.1) is 0 Å². The maximum atomic E-state index is 12.5. The molecule has 2 N–H and O–H groups in total. The van der Waals surface area contributed by atoms with Crippen molar-refractivity contribution in [3.8, 4) is 11.5 Å². The number of nitrogens with zero attached hydrogens (tertiary/aromatic N) is 2. The molecule has 1 aliphatic heterocycles. The van der Waals surface area contributed by atoms with E-state index in [0.29, 0.717) is 31.0 Å². The number of methoxy groups -OCH3 is 2. The second-order valence-corrected chi connectivity index (χ2v) is 6.25. The van der Waals surface area contributed by atoms with Crippen LogP contribution in [0, 0.1) is 0 Å². The van der Waals surface area contributed by atoms with E-state index in [1.54, 1.807) is 20.3 Å². The van der Waals surface area contributed by atoms with Crippen molar-refractivity contribution in [2.24, 2.45) is 5.73 Å². The molecule has 26 heavy (non-hydrogen) atoms. The molecule has 1 aromatic heterocycles. The van der Waals surface area contributed by atoms with E-state index < -0.39 is 0 Å². The van der Waals surface area contributed by atoms with Crippen LogP contribution in [0.2, 0.25) is 0 Å². The number of amides is 1. The predicted octanol–water partition coefficient (Wildman–Crippen LogP) is 1.71. The Balaban J connectivity index is 1.59. The first-order valence-electron chi connectivity index (χ1n) is 8.64. The van der Waals surface area contributed by atoms with Crippen molar-refractivity contribution < 1.29 is 18.7 Å². The van der Waals surface area contributed by atoms with Crippen molar-refractivity contribution in [3.63, 3.8) is 0 Å². The van der Waals surface area contributed by atoms with E-state index >= 15 is 0 Å². The third kappa shape index (κ3) is 4.00. The van der Waals surface area contributed by atoms with Crippen LogP contribution in [0.5, 0.6) is 11.5 Å². The molecule has 1 amide bonds. The fraction of sp³-hybridized carbons (Fsp3) is 0.421. The molecule has 140 valence electrons. The van der Waals surface area contributed by atoms with Gasteiger partial charge in [-0.3, -0.25) is 9.69 Å². The Morgan fingerprint density at radius 1 is 1.15 bits per heavy atom. The maximum absolute atomic E-state index is 12.5. The van der Waals surface area contributed by atoms with Gasteiger partial charge in [0.1, 0.15) is 23.5 Å². The van der Waals surface area contributed by atoms with Crippen LogP contribution in [0.3, 0.4) is 0 Å². The fourth-order valence-corrected chi connectivity index (χ4v) is 3.14. The highest BCUT2D eigenvalue weighted by Crippen LogP contribution is 2.25. The van der Waals surface area contributed by atoms with E-state index in [1.165, 1.54) is 6.26 Å². The molecule has 2 aromatic rings. The summed E-state index contributed by atoms with van der Waals surface area (Å²) in [5, 5.41) is 0. The van der Waals surface area contributed by atoms with Crippen LogP contribution in [0.15, 0.2) is 34.9 Å². The van der Waals surface area contributed by atoms with Crippen molar-refractivity contribution in [1.82, 2.24) is 9.80 Å². The van der Waals surface area contributed by atoms with Crippen LogP contribution in [-0.4, -0.2) is 56.1 Å². The molecule has 0 saturated carbocycles. The van der Waals surface area contributed by atoms with Gasteiger partial charge in [-0.1, -0.05) is 0 Å². The normalized spacial score (nSPS) is 15.1. The zero-order chi connectivity index (χ0) is 18.5. The van der Waals surface area contributed by atoms with Crippen molar-refractivity contribution >= 4 is 5.91 Å². The maximum Gasteiger partial charge on any atom is 0.257 e. The number of hydrogen-bond acceptors (Lipinski definition) is 6. The number of carbonyl (C=O) groups is 1. The molecule has 1 aromatic carbocycles. The minimum atomic E-state index is -0.00735. The number of ether oxygens (including phenoxy) is 2. The Morgan fingerprint density at radius 3 is 2.54 bits per heavy atom. The molecule has 0 bridgehead atoms. The lowest BCUT2D eigenvalue weighted by Crippen LogP contribution is -2.48. The van der Waals surface area contributed by atoms with E-state index in [1.807, 2.05) is 23.1 Å². The molecule has 1 aliphatic rings. The largest absolute Gasteiger partial charge is 0.497 e. The first-order chi connectivity index (χ1) is 12.6. The van der Waals surface area contributed by atoms with Crippen molar-refractivity contribution in [1.29, 1.82) is 0 Å². The van der Waals surface area contributed by atoms with Crippen LogP contribution in [0.25, 0.3) is 0 Å². The Hall–Kier alpha value is -2.51. The smallest absolute Gasteiger partial charge is 0.257 e. The lowest BCUT2D eigenvalue weighted by atomic mass is 10.1. The minimum Gasteiger partial charge on any atom is -0.497 e. The molecule has 3 rings (SSSR count). The highest BCUT2D eigenvalue weighted by Gasteiger charge is 2.24. The van der Waals surface area contributed by atoms with Crippen LogP contribution in [0.4, 0.5) is 0 Å². The van der Waals surface area contributed by atoms with Crippen LogP contribution >= 0.6 is 0 Å². The Bertz CT molecular complexity index is 751. The Kier molecular flexibility index (Phi) is 5.80. The van der Waals surface area contributed by atoms with Crippen LogP contribution in [-0.2, 0) is 13.1 Å². The molecular formula is C19H25N3O4. The first-order valence-corrected chi connectivity index (χ1v) is 8.64. The number of rotatable bonds is 6. The average molecular weight is 359 g/mol. The molecule has 7 nitrogen and oxygen atoms in total. The van der Waals surface area contributed by atoms with E-state index in [-0.39, 0.29) is 5.91 Å². The standard InChI is InChI=1S/C19H25N3O4/c1-24-16-3-4-18(25-2)14(9-16)12-21-5-7-22(8-6-21)19(23)15-10-17(11-20)26-13-15/h3-4,9-10,13H,5-8,11-12,20H2,1-2H3. The molecule has 0 aliphatic carbocycles. The molecule has 0 radical (unpaired) electrons. The number of hydrogen-bond donors (Lipinski definition) is 1. The number of carbonyl (C=O) groups excluding carboxylic acids is 1. The molecule has 2 heterocycles. The topological polar surface area (TPSA) is 81.2 Å². The van der Waals surface area contributed by atoms with Gasteiger partial charge in [0.2, 0.25) is 0 Å². The van der Waals surface area contributed by atoms with Crippen molar-refractivity contribution in [3.05, 3.63) is 47.4 Å². The first kappa shape index (κ1) is 18.3. The van der Waals surface area contributed by atoms with E-state index in [9.17, 15) is 4.79 Å². The quantitative estimate of drug-likeness (QED) is 0.846. The summed E-state index contributed by atoms with van der Waals surface area (Å²) in [7, 11) is 3.32. The Morgan fingerprint density at radius 2 is 1.92 bits per heavy atom. The summed E-state index contributed by atoms with van der Waals surface area (Å²) < 4.78 is 16.0. The SMILES string of the molecule is COc1ccc(OC)c(CN2CCN(C(=O)c3coc(CN)c3)CC2)c1. The van der Waals surface area contributed by atoms with Gasteiger partial charge in [-0.05, 0) is 24.3 Å². The third-order valence-corrected chi connectivity index (χ3v) is 4.64. The van der Waals surface area contributed by atoms with Gasteiger partial charge in [-0.2, -0.15) is 0 Å². The summed E-state index contributed by atoms with van der Waals surface area (Å²) in [6.07, 6.45) is 1.48. The predicted molar refractivity (Wildman–Crippen MR) is 97.3 cm³/mol. The van der Waals surface area contributed by atoms with Gasteiger partial charge >= 0.3 is 0 Å². The zero-order valence-corrected chi connectivity index (χ0v) is 15.2. The molecule has 0 unspecified atom stereocenters. The molecule has 1 saturated heterocycles. The van der Waals surface area contributed by atoms with E-state index in [0.717, 1.165) is 36.7 Å². The number of benzene rings is 1. The lowest BCUT2D eigenvalue weighted by molar-refractivity contribution is 0.0626. The molecule has 0 spiro atoms.